The van der Waals surface area contributed by atoms with Crippen molar-refractivity contribution in [3.05, 3.63) is 58.7 Å². The first-order valence-corrected chi connectivity index (χ1v) is 9.03. The van der Waals surface area contributed by atoms with Crippen LogP contribution in [0.1, 0.15) is 31.9 Å². The molecular formula is C20H26BO2P. The lowest BCUT2D eigenvalue weighted by molar-refractivity contribution is -0.0880. The Labute approximate surface area is 149 Å². The highest BCUT2D eigenvalue weighted by Gasteiger charge is 2.34. The van der Waals surface area contributed by atoms with E-state index in [0.717, 1.165) is 19.2 Å². The van der Waals surface area contributed by atoms with Gasteiger partial charge in [0.05, 0.1) is 0 Å². The highest BCUT2D eigenvalue weighted by Crippen LogP contribution is 2.38. The minimum Gasteiger partial charge on any atom is -0.302 e. The van der Waals surface area contributed by atoms with Crippen molar-refractivity contribution in [2.45, 2.75) is 45.8 Å². The van der Waals surface area contributed by atoms with Gasteiger partial charge in [0.2, 0.25) is 0 Å². The first-order chi connectivity index (χ1) is 11.6. The van der Waals surface area contributed by atoms with Gasteiger partial charge in [-0.1, -0.05) is 62.6 Å². The lowest BCUT2D eigenvalue weighted by Gasteiger charge is -2.31. The zero-order valence-electron chi connectivity index (χ0n) is 14.8. The van der Waals surface area contributed by atoms with Crippen LogP contribution >= 0.6 is 9.47 Å². The number of hydrogen-bond donors (Lipinski definition) is 0. The van der Waals surface area contributed by atoms with Gasteiger partial charge in [0, 0.05) is 9.47 Å². The molecule has 24 heavy (non-hydrogen) atoms. The summed E-state index contributed by atoms with van der Waals surface area (Å²) in [5.74, 6) is 3.37. The van der Waals surface area contributed by atoms with Crippen molar-refractivity contribution in [3.63, 3.8) is 0 Å². The molecule has 0 fully saturated rings. The molecule has 0 N–H and O–H groups in total. The molecule has 2 atom stereocenters. The number of rotatable bonds is 6. The van der Waals surface area contributed by atoms with Crippen molar-refractivity contribution < 1.29 is 9.48 Å². The Bertz CT molecular complexity index is 658. The topological polar surface area (TPSA) is 18.5 Å². The van der Waals surface area contributed by atoms with Crippen LogP contribution in [0.25, 0.3) is 0 Å². The molecule has 1 aliphatic carbocycles. The minimum atomic E-state index is 0.0290. The Balaban J connectivity index is 2.44. The van der Waals surface area contributed by atoms with Crippen molar-refractivity contribution >= 4 is 16.4 Å². The van der Waals surface area contributed by atoms with Crippen LogP contribution < -0.4 is 0 Å². The molecule has 1 aromatic carbocycles. The molecule has 2 rings (SSSR count). The van der Waals surface area contributed by atoms with Gasteiger partial charge in [0.1, 0.15) is 0 Å². The first kappa shape index (κ1) is 19.0. The predicted molar refractivity (Wildman–Crippen MR) is 106 cm³/mol. The smallest absolute Gasteiger partial charge is 0.302 e. The molecule has 1 aliphatic rings. The third-order valence-electron chi connectivity index (χ3n) is 4.73. The van der Waals surface area contributed by atoms with Gasteiger partial charge in [-0.2, -0.15) is 0 Å². The number of allylic oxidation sites excluding steroid dienone is 4. The van der Waals surface area contributed by atoms with E-state index in [2.05, 4.69) is 66.5 Å². The first-order valence-electron chi connectivity index (χ1n) is 8.56. The molecule has 2 nitrogen and oxygen atoms in total. The quantitative estimate of drug-likeness (QED) is 0.237. The van der Waals surface area contributed by atoms with Gasteiger partial charge in [0.25, 0.3) is 0 Å². The van der Waals surface area contributed by atoms with E-state index >= 15 is 0 Å². The summed E-state index contributed by atoms with van der Waals surface area (Å²) in [6, 6.07) is 8.65. The van der Waals surface area contributed by atoms with Crippen LogP contribution in [0.3, 0.4) is 0 Å². The minimum absolute atomic E-state index is 0.0290. The van der Waals surface area contributed by atoms with Crippen LogP contribution in [-0.2, 0) is 22.3 Å². The van der Waals surface area contributed by atoms with E-state index in [9.17, 15) is 0 Å². The molecule has 0 heterocycles. The average molecular weight is 340 g/mol. The zero-order chi connectivity index (χ0) is 17.5. The molecule has 0 aromatic heterocycles. The molecule has 1 aromatic rings. The maximum Gasteiger partial charge on any atom is 0.347 e. The molecule has 4 heteroatoms. The summed E-state index contributed by atoms with van der Waals surface area (Å²) in [7, 11) is 2.18. The largest absolute Gasteiger partial charge is 0.347 e. The average Bonchev–Trinajstić information content (AvgIpc) is 2.58. The van der Waals surface area contributed by atoms with Crippen LogP contribution in [0.4, 0.5) is 0 Å². The second-order valence-corrected chi connectivity index (χ2v) is 6.77. The Kier molecular flexibility index (Phi) is 7.31. The van der Waals surface area contributed by atoms with Crippen molar-refractivity contribution in [3.8, 4) is 12.3 Å². The lowest BCUT2D eigenvalue weighted by atomic mass is 9.48. The summed E-state index contributed by atoms with van der Waals surface area (Å²) >= 11 is 0. The summed E-state index contributed by atoms with van der Waals surface area (Å²) in [4.78, 5) is 5.54. The number of hydrogen-bond acceptors (Lipinski definition) is 2. The van der Waals surface area contributed by atoms with Gasteiger partial charge in [-0.05, 0) is 53.7 Å². The van der Waals surface area contributed by atoms with Crippen molar-refractivity contribution in [2.24, 2.45) is 5.92 Å². The van der Waals surface area contributed by atoms with E-state index in [1.165, 1.54) is 22.3 Å². The second kappa shape index (κ2) is 9.23. The summed E-state index contributed by atoms with van der Waals surface area (Å²) in [5, 5.41) is 0. The molecule has 0 radical (unpaired) electrons. The Hall–Kier alpha value is -1.33. The second-order valence-electron chi connectivity index (χ2n) is 6.58. The summed E-state index contributed by atoms with van der Waals surface area (Å²) in [5.41, 5.74) is 5.36. The van der Waals surface area contributed by atoms with Crippen molar-refractivity contribution in [2.75, 3.05) is 0 Å². The fraction of sp³-hybridized carbons (Fsp3) is 0.400. The van der Waals surface area contributed by atoms with Gasteiger partial charge >= 0.3 is 6.92 Å². The third kappa shape index (κ3) is 4.61. The van der Waals surface area contributed by atoms with Crippen molar-refractivity contribution in [1.82, 2.24) is 0 Å². The van der Waals surface area contributed by atoms with Crippen LogP contribution in [0.15, 0.2) is 47.6 Å². The van der Waals surface area contributed by atoms with Gasteiger partial charge in [-0.3, -0.25) is 0 Å². The Morgan fingerprint density at radius 1 is 1.42 bits per heavy atom. The maximum atomic E-state index is 5.54. The van der Waals surface area contributed by atoms with Gasteiger partial charge in [0.15, 0.2) is 0 Å². The highest BCUT2D eigenvalue weighted by atomic mass is 31.0. The summed E-state index contributed by atoms with van der Waals surface area (Å²) in [6.45, 7) is 6.51. The standard InChI is InChI=1S/C20H26BO2P/c1-5-9-16(15(3)4)12-19-13-17-10-7-8-11-18(17)14-20(19)21(6-2)22-23-24/h1,7-12,15,20H,6,13-14,24H2,2-4H3/b16-9+,19-12+/t20-/m1/s1. The van der Waals surface area contributed by atoms with E-state index in [-0.39, 0.29) is 6.92 Å². The summed E-state index contributed by atoms with van der Waals surface area (Å²) in [6.07, 6.45) is 12.5. The predicted octanol–water partition coefficient (Wildman–Crippen LogP) is 5.05. The van der Waals surface area contributed by atoms with Gasteiger partial charge < -0.3 is 4.81 Å². The van der Waals surface area contributed by atoms with E-state index in [0.29, 0.717) is 11.7 Å². The third-order valence-corrected chi connectivity index (χ3v) is 4.84. The molecule has 0 aliphatic heterocycles. The monoisotopic (exact) mass is 340 g/mol. The fourth-order valence-corrected chi connectivity index (χ4v) is 3.50. The van der Waals surface area contributed by atoms with Gasteiger partial charge in [-0.25, -0.2) is 4.67 Å². The molecular weight excluding hydrogens is 314 g/mol. The van der Waals surface area contributed by atoms with E-state index in [1.807, 2.05) is 6.08 Å². The molecule has 0 amide bonds. The molecule has 0 saturated heterocycles. The SMILES string of the molecule is C#C/C=C(\C=C1/Cc2ccccc2C[C@H]1B(CC)OOP)C(C)C. The number of fused-ring (bicyclic) bond motifs is 1. The zero-order valence-corrected chi connectivity index (χ0v) is 15.9. The van der Waals surface area contributed by atoms with Crippen LogP contribution in [0.5, 0.6) is 0 Å². The summed E-state index contributed by atoms with van der Waals surface area (Å²) < 4.78 is 4.93. The molecule has 1 unspecified atom stereocenters. The van der Waals surface area contributed by atoms with Crippen molar-refractivity contribution in [1.29, 1.82) is 0 Å². The van der Waals surface area contributed by atoms with E-state index in [1.54, 1.807) is 0 Å². The molecule has 126 valence electrons. The Morgan fingerprint density at radius 3 is 2.71 bits per heavy atom. The van der Waals surface area contributed by atoms with E-state index < -0.39 is 0 Å². The number of benzene rings is 1. The van der Waals surface area contributed by atoms with Crippen LogP contribution in [0, 0.1) is 18.3 Å². The molecule has 0 saturated carbocycles. The van der Waals surface area contributed by atoms with Crippen LogP contribution in [-0.4, -0.2) is 6.92 Å². The fourth-order valence-electron chi connectivity index (χ4n) is 3.35. The maximum absolute atomic E-state index is 5.54. The Morgan fingerprint density at radius 2 is 2.12 bits per heavy atom. The number of terminal acetylenes is 1. The van der Waals surface area contributed by atoms with Crippen LogP contribution in [0.2, 0.25) is 12.1 Å². The lowest BCUT2D eigenvalue weighted by Crippen LogP contribution is -2.30. The van der Waals surface area contributed by atoms with Gasteiger partial charge in [-0.15, -0.1) is 6.42 Å². The highest BCUT2D eigenvalue weighted by molar-refractivity contribution is 7.09. The molecule has 0 spiro atoms. The normalized spacial score (nSPS) is 19.2. The van der Waals surface area contributed by atoms with E-state index in [4.69, 9.17) is 15.9 Å². The molecule has 0 bridgehead atoms.